The normalized spacial score (nSPS) is 10.1. The number of ether oxygens (including phenoxy) is 1. The largest absolute Gasteiger partial charge is 0.484 e. The van der Waals surface area contributed by atoms with Gasteiger partial charge in [-0.15, -0.1) is 0 Å². The zero-order chi connectivity index (χ0) is 15.1. The molecule has 0 radical (unpaired) electrons. The van der Waals surface area contributed by atoms with Gasteiger partial charge in [-0.3, -0.25) is 15.6 Å². The monoisotopic (exact) mass is 295 g/mol. The van der Waals surface area contributed by atoms with Gasteiger partial charge in [-0.1, -0.05) is 6.07 Å². The van der Waals surface area contributed by atoms with Crippen molar-refractivity contribution < 1.29 is 9.53 Å². The number of nitrogens with one attached hydrogen (secondary N) is 3. The van der Waals surface area contributed by atoms with Crippen molar-refractivity contribution in [2.24, 2.45) is 0 Å². The summed E-state index contributed by atoms with van der Waals surface area (Å²) in [6.45, 7) is 7.81. The van der Waals surface area contributed by atoms with Crippen LogP contribution in [0, 0.1) is 13.8 Å². The Kier molecular flexibility index (Phi) is 6.24. The Morgan fingerprint density at radius 2 is 1.80 bits per heavy atom. The minimum atomic E-state index is -0.294. The molecule has 1 rings (SSSR count). The predicted molar refractivity (Wildman–Crippen MR) is 83.6 cm³/mol. The van der Waals surface area contributed by atoms with Crippen molar-refractivity contribution in [2.75, 3.05) is 6.61 Å². The second-order valence-electron chi connectivity index (χ2n) is 4.91. The topological polar surface area (TPSA) is 62.4 Å². The summed E-state index contributed by atoms with van der Waals surface area (Å²) < 4.78 is 5.43. The number of benzene rings is 1. The molecule has 0 saturated heterocycles. The molecule has 0 heterocycles. The van der Waals surface area contributed by atoms with Gasteiger partial charge in [0.2, 0.25) is 0 Å². The number of hydrogen-bond acceptors (Lipinski definition) is 3. The van der Waals surface area contributed by atoms with Crippen molar-refractivity contribution in [3.05, 3.63) is 29.3 Å². The van der Waals surface area contributed by atoms with Gasteiger partial charge in [0, 0.05) is 6.04 Å². The van der Waals surface area contributed by atoms with Gasteiger partial charge < -0.3 is 10.1 Å². The van der Waals surface area contributed by atoms with Crippen molar-refractivity contribution in [3.63, 3.8) is 0 Å². The van der Waals surface area contributed by atoms with E-state index in [0.717, 1.165) is 11.1 Å². The summed E-state index contributed by atoms with van der Waals surface area (Å²) in [5, 5.41) is 3.33. The number of rotatable bonds is 4. The highest BCUT2D eigenvalue weighted by molar-refractivity contribution is 7.80. The van der Waals surface area contributed by atoms with Crippen LogP contribution in [0.4, 0.5) is 0 Å². The number of aryl methyl sites for hydroxylation is 2. The maximum atomic E-state index is 11.6. The van der Waals surface area contributed by atoms with Crippen molar-refractivity contribution in [1.29, 1.82) is 0 Å². The van der Waals surface area contributed by atoms with Crippen molar-refractivity contribution >= 4 is 23.2 Å². The second-order valence-corrected chi connectivity index (χ2v) is 5.32. The summed E-state index contributed by atoms with van der Waals surface area (Å²) in [5.41, 5.74) is 7.28. The third-order valence-electron chi connectivity index (χ3n) is 2.30. The molecular formula is C14H21N3O2S. The predicted octanol–water partition coefficient (Wildman–Crippen LogP) is 1.59. The SMILES string of the molecule is Cc1cc(C)cc(OCC(=O)NNC(=S)NC(C)C)c1. The Morgan fingerprint density at radius 1 is 1.20 bits per heavy atom. The van der Waals surface area contributed by atoms with Gasteiger partial charge in [-0.05, 0) is 63.2 Å². The quantitative estimate of drug-likeness (QED) is 0.581. The van der Waals surface area contributed by atoms with E-state index in [0.29, 0.717) is 10.9 Å². The Hall–Kier alpha value is -1.82. The van der Waals surface area contributed by atoms with Gasteiger partial charge in [0.25, 0.3) is 5.91 Å². The third-order valence-corrected chi connectivity index (χ3v) is 2.52. The van der Waals surface area contributed by atoms with Crippen LogP contribution in [0.3, 0.4) is 0 Å². The molecule has 0 aliphatic carbocycles. The molecule has 5 nitrogen and oxygen atoms in total. The number of hydrogen-bond donors (Lipinski definition) is 3. The molecule has 0 atom stereocenters. The zero-order valence-corrected chi connectivity index (χ0v) is 13.1. The van der Waals surface area contributed by atoms with Gasteiger partial charge in [0.1, 0.15) is 5.75 Å². The molecule has 1 amide bonds. The fraction of sp³-hybridized carbons (Fsp3) is 0.429. The lowest BCUT2D eigenvalue weighted by atomic mass is 10.1. The van der Waals surface area contributed by atoms with Crippen molar-refractivity contribution in [2.45, 2.75) is 33.7 Å². The van der Waals surface area contributed by atoms with Gasteiger partial charge in [-0.25, -0.2) is 0 Å². The molecule has 0 spiro atoms. The highest BCUT2D eigenvalue weighted by atomic mass is 32.1. The van der Waals surface area contributed by atoms with Gasteiger partial charge in [0.15, 0.2) is 11.7 Å². The number of hydrazine groups is 1. The summed E-state index contributed by atoms with van der Waals surface area (Å²) in [4.78, 5) is 11.6. The van der Waals surface area contributed by atoms with Crippen LogP contribution in [0.2, 0.25) is 0 Å². The lowest BCUT2D eigenvalue weighted by Gasteiger charge is -2.14. The van der Waals surface area contributed by atoms with Gasteiger partial charge >= 0.3 is 0 Å². The fourth-order valence-electron chi connectivity index (χ4n) is 1.63. The summed E-state index contributed by atoms with van der Waals surface area (Å²) >= 11 is 4.98. The maximum absolute atomic E-state index is 11.6. The van der Waals surface area contributed by atoms with E-state index >= 15 is 0 Å². The number of carbonyl (C=O) groups excluding carboxylic acids is 1. The highest BCUT2D eigenvalue weighted by Gasteiger charge is 2.04. The zero-order valence-electron chi connectivity index (χ0n) is 12.2. The van der Waals surface area contributed by atoms with Gasteiger partial charge in [-0.2, -0.15) is 0 Å². The molecule has 0 aromatic heterocycles. The molecule has 3 N–H and O–H groups in total. The lowest BCUT2D eigenvalue weighted by molar-refractivity contribution is -0.123. The van der Waals surface area contributed by atoms with Crippen LogP contribution in [0.5, 0.6) is 5.75 Å². The summed E-state index contributed by atoms with van der Waals surface area (Å²) in [5.74, 6) is 0.387. The third kappa shape index (κ3) is 6.38. The summed E-state index contributed by atoms with van der Waals surface area (Å²) in [7, 11) is 0. The minimum absolute atomic E-state index is 0.0693. The summed E-state index contributed by atoms with van der Waals surface area (Å²) in [6, 6.07) is 6.03. The molecule has 0 saturated carbocycles. The molecule has 0 aliphatic rings. The van der Waals surface area contributed by atoms with E-state index in [1.165, 1.54) is 0 Å². The first-order chi connectivity index (χ1) is 9.36. The van der Waals surface area contributed by atoms with E-state index in [4.69, 9.17) is 17.0 Å². The fourth-order valence-corrected chi connectivity index (χ4v) is 1.91. The molecule has 0 bridgehead atoms. The van der Waals surface area contributed by atoms with Crippen molar-refractivity contribution in [1.82, 2.24) is 16.2 Å². The minimum Gasteiger partial charge on any atom is -0.484 e. The summed E-state index contributed by atoms with van der Waals surface area (Å²) in [6.07, 6.45) is 0. The molecule has 1 aromatic carbocycles. The number of carbonyl (C=O) groups is 1. The average Bonchev–Trinajstić information content (AvgIpc) is 2.32. The first kappa shape index (κ1) is 16.2. The Bertz CT molecular complexity index is 469. The van der Waals surface area contributed by atoms with Gasteiger partial charge in [0.05, 0.1) is 0 Å². The Labute approximate surface area is 125 Å². The average molecular weight is 295 g/mol. The molecule has 0 aliphatic heterocycles. The molecule has 0 fully saturated rings. The number of amides is 1. The van der Waals surface area contributed by atoms with Crippen LogP contribution in [-0.4, -0.2) is 23.7 Å². The molecular weight excluding hydrogens is 274 g/mol. The number of thiocarbonyl (C=S) groups is 1. The van der Waals surface area contributed by atoms with E-state index in [1.807, 2.05) is 45.9 Å². The van der Waals surface area contributed by atoms with E-state index in [-0.39, 0.29) is 18.6 Å². The van der Waals surface area contributed by atoms with E-state index in [9.17, 15) is 4.79 Å². The molecule has 1 aromatic rings. The molecule has 110 valence electrons. The van der Waals surface area contributed by atoms with E-state index in [1.54, 1.807) is 0 Å². The highest BCUT2D eigenvalue weighted by Crippen LogP contribution is 2.15. The molecule has 0 unspecified atom stereocenters. The molecule has 20 heavy (non-hydrogen) atoms. The van der Waals surface area contributed by atoms with Crippen LogP contribution in [-0.2, 0) is 4.79 Å². The van der Waals surface area contributed by atoms with Crippen LogP contribution in [0.1, 0.15) is 25.0 Å². The molecule has 6 heteroatoms. The first-order valence-electron chi connectivity index (χ1n) is 6.43. The second kappa shape index (κ2) is 7.69. The smallest absolute Gasteiger partial charge is 0.276 e. The standard InChI is InChI=1S/C14H21N3O2S/c1-9(2)15-14(20)17-16-13(18)8-19-12-6-10(3)5-11(4)7-12/h5-7,9H,8H2,1-4H3,(H,16,18)(H2,15,17,20). The van der Waals surface area contributed by atoms with E-state index in [2.05, 4.69) is 16.2 Å². The lowest BCUT2D eigenvalue weighted by Crippen LogP contribution is -2.49. The first-order valence-corrected chi connectivity index (χ1v) is 6.84. The maximum Gasteiger partial charge on any atom is 0.276 e. The van der Waals surface area contributed by atoms with Crippen LogP contribution in [0.25, 0.3) is 0 Å². The van der Waals surface area contributed by atoms with Crippen LogP contribution >= 0.6 is 12.2 Å². The Morgan fingerprint density at radius 3 is 2.35 bits per heavy atom. The van der Waals surface area contributed by atoms with Crippen LogP contribution < -0.4 is 20.9 Å². The van der Waals surface area contributed by atoms with E-state index < -0.39 is 0 Å². The van der Waals surface area contributed by atoms with Crippen LogP contribution in [0.15, 0.2) is 18.2 Å². The van der Waals surface area contributed by atoms with Crippen molar-refractivity contribution in [3.8, 4) is 5.75 Å². The Balaban J connectivity index is 2.34.